The molecule has 0 radical (unpaired) electrons. The fourth-order valence-electron chi connectivity index (χ4n) is 6.65. The molecule has 244 valence electrons. The molecule has 1 atom stereocenters. The Balaban J connectivity index is 0.00000172. The number of carbonyl (C=O) groups is 1. The lowest BCUT2D eigenvalue weighted by Gasteiger charge is -2.34. The minimum absolute atomic E-state index is 0.0177. The molecule has 3 aliphatic heterocycles. The van der Waals surface area contributed by atoms with Crippen molar-refractivity contribution in [2.75, 3.05) is 25.1 Å². The molecule has 0 bridgehead atoms. The van der Waals surface area contributed by atoms with E-state index in [0.717, 1.165) is 83.3 Å². The maximum absolute atomic E-state index is 13.9. The van der Waals surface area contributed by atoms with Gasteiger partial charge in [-0.2, -0.15) is 0 Å². The van der Waals surface area contributed by atoms with Gasteiger partial charge in [0.25, 0.3) is 5.91 Å². The van der Waals surface area contributed by atoms with E-state index in [9.17, 15) is 13.6 Å². The lowest BCUT2D eigenvalue weighted by molar-refractivity contribution is 0.0537. The number of nitrogens with zero attached hydrogens (tertiary/aromatic N) is 5. The quantitative estimate of drug-likeness (QED) is 0.179. The molecule has 2 saturated heterocycles. The molecule has 1 amide bonds. The average molecular weight is 659 g/mol. The number of fused-ring (bicyclic) bond motifs is 4. The molecule has 0 saturated carbocycles. The van der Waals surface area contributed by atoms with Gasteiger partial charge in [-0.1, -0.05) is 19.9 Å². The van der Waals surface area contributed by atoms with E-state index in [-0.39, 0.29) is 18.5 Å². The molecule has 1 aromatic carbocycles. The molecule has 47 heavy (non-hydrogen) atoms. The molecular formula is C35H36F2N6O3S. The number of halogens is 2. The van der Waals surface area contributed by atoms with E-state index in [1.54, 1.807) is 19.2 Å². The van der Waals surface area contributed by atoms with Gasteiger partial charge in [-0.25, -0.2) is 13.8 Å². The second kappa shape index (κ2) is 13.1. The molecule has 0 spiro atoms. The van der Waals surface area contributed by atoms with E-state index in [4.69, 9.17) is 14.1 Å². The van der Waals surface area contributed by atoms with Gasteiger partial charge in [-0.15, -0.1) is 21.5 Å². The maximum Gasteiger partial charge on any atom is 0.257 e. The number of benzene rings is 1. The number of aromatic nitrogens is 4. The average Bonchev–Trinajstić information content (AvgIpc) is 3.75. The molecule has 12 heteroatoms. The summed E-state index contributed by atoms with van der Waals surface area (Å²) in [5, 5.41) is 12.8. The summed E-state index contributed by atoms with van der Waals surface area (Å²) in [6.45, 7) is 8.28. The van der Waals surface area contributed by atoms with Crippen molar-refractivity contribution in [2.45, 2.75) is 65.5 Å². The molecule has 1 unspecified atom stereocenters. The summed E-state index contributed by atoms with van der Waals surface area (Å²) in [6.07, 6.45) is 6.30. The summed E-state index contributed by atoms with van der Waals surface area (Å²) in [6, 6.07) is 7.82. The third-order valence-electron chi connectivity index (χ3n) is 9.10. The molecule has 3 aliphatic rings. The molecule has 1 N–H and O–H groups in total. The van der Waals surface area contributed by atoms with Gasteiger partial charge in [0, 0.05) is 49.9 Å². The van der Waals surface area contributed by atoms with Crippen molar-refractivity contribution in [3.63, 3.8) is 0 Å². The number of pyridine rings is 2. The molecule has 9 nitrogen and oxygen atoms in total. The van der Waals surface area contributed by atoms with Crippen molar-refractivity contribution in [1.82, 2.24) is 25.1 Å². The van der Waals surface area contributed by atoms with Crippen LogP contribution in [0.2, 0.25) is 0 Å². The molecule has 4 aromatic heterocycles. The van der Waals surface area contributed by atoms with Gasteiger partial charge in [-0.3, -0.25) is 9.78 Å². The van der Waals surface area contributed by atoms with Crippen LogP contribution in [-0.4, -0.2) is 50.7 Å². The summed E-state index contributed by atoms with van der Waals surface area (Å²) in [7, 11) is 0. The van der Waals surface area contributed by atoms with E-state index in [2.05, 4.69) is 26.6 Å². The summed E-state index contributed by atoms with van der Waals surface area (Å²) in [5.41, 5.74) is 4.39. The Hall–Kier alpha value is -4.29. The Kier molecular flexibility index (Phi) is 8.71. The van der Waals surface area contributed by atoms with Crippen LogP contribution >= 0.6 is 11.3 Å². The van der Waals surface area contributed by atoms with Crippen LogP contribution in [0.3, 0.4) is 0 Å². The van der Waals surface area contributed by atoms with Gasteiger partial charge in [-0.05, 0) is 73.2 Å². The second-order valence-electron chi connectivity index (χ2n) is 11.9. The minimum atomic E-state index is -0.892. The topological polar surface area (TPSA) is 106 Å². The SMILES string of the molecule is CC.Cc1nnc(-c2c(CCC3CCOCC3)nc3c(c2-c2cc4ccnc(NCc5ccc(F)c(F)c5)c4s2)C(=O)N2CCC32)o1. The van der Waals surface area contributed by atoms with Gasteiger partial charge < -0.3 is 19.4 Å². The van der Waals surface area contributed by atoms with Crippen molar-refractivity contribution in [3.05, 3.63) is 76.6 Å². The number of thiophene rings is 1. The Bertz CT molecular complexity index is 1950. The predicted molar refractivity (Wildman–Crippen MR) is 176 cm³/mol. The fourth-order valence-corrected chi connectivity index (χ4v) is 7.83. The summed E-state index contributed by atoms with van der Waals surface area (Å²) in [4.78, 5) is 26.4. The number of hydrogen-bond acceptors (Lipinski definition) is 9. The number of ether oxygens (including phenoxy) is 1. The minimum Gasteiger partial charge on any atom is -0.421 e. The standard InChI is InChI=1S/C33H30F2N6O3S.C2H6/c1-17-39-40-32(44-17)26-23(5-3-18-8-12-43-13-9-18)38-29-24-7-11-41(24)33(42)28(29)27(26)25-15-20-6-10-36-31(30(20)45-25)37-16-19-2-4-21(34)22(35)14-19;1-2/h2,4,6,10,14-15,18,24H,3,5,7-9,11-13,16H2,1H3,(H,36,37);1-2H3. The van der Waals surface area contributed by atoms with Crippen LogP contribution in [0.1, 0.15) is 78.8 Å². The van der Waals surface area contributed by atoms with Crippen LogP contribution in [0.15, 0.2) is 40.9 Å². The summed E-state index contributed by atoms with van der Waals surface area (Å²) in [5.74, 6) is 0.144. The van der Waals surface area contributed by atoms with E-state index in [0.29, 0.717) is 46.8 Å². The van der Waals surface area contributed by atoms with Crippen molar-refractivity contribution in [1.29, 1.82) is 0 Å². The zero-order valence-electron chi connectivity index (χ0n) is 26.6. The van der Waals surface area contributed by atoms with Gasteiger partial charge in [0.15, 0.2) is 11.6 Å². The third-order valence-corrected chi connectivity index (χ3v) is 10.3. The predicted octanol–water partition coefficient (Wildman–Crippen LogP) is 7.89. The van der Waals surface area contributed by atoms with Crippen LogP contribution < -0.4 is 5.32 Å². The zero-order valence-corrected chi connectivity index (χ0v) is 27.4. The first-order valence-corrected chi connectivity index (χ1v) is 17.1. The Labute approximate surface area is 275 Å². The lowest BCUT2D eigenvalue weighted by atomic mass is 9.90. The molecule has 7 heterocycles. The smallest absolute Gasteiger partial charge is 0.257 e. The van der Waals surface area contributed by atoms with Gasteiger partial charge in [0.05, 0.1) is 33.3 Å². The van der Waals surface area contributed by atoms with Crippen molar-refractivity contribution >= 4 is 33.1 Å². The fraction of sp³-hybridized carbons (Fsp3) is 0.400. The normalized spacial score (nSPS) is 17.3. The lowest BCUT2D eigenvalue weighted by Crippen LogP contribution is -2.39. The highest BCUT2D eigenvalue weighted by Crippen LogP contribution is 2.51. The number of nitrogens with one attached hydrogen (secondary N) is 1. The van der Waals surface area contributed by atoms with Crippen LogP contribution in [0.25, 0.3) is 32.0 Å². The van der Waals surface area contributed by atoms with E-state index in [1.165, 1.54) is 17.4 Å². The number of carbonyl (C=O) groups excluding carboxylic acids is 1. The Morgan fingerprint density at radius 1 is 1.02 bits per heavy atom. The number of hydrogen-bond donors (Lipinski definition) is 1. The van der Waals surface area contributed by atoms with E-state index in [1.807, 2.05) is 24.8 Å². The summed E-state index contributed by atoms with van der Waals surface area (Å²) < 4.78 is 39.8. The maximum atomic E-state index is 13.9. The van der Waals surface area contributed by atoms with Crippen LogP contribution in [0, 0.1) is 24.5 Å². The number of amides is 1. The number of aryl methyl sites for hydroxylation is 2. The van der Waals surface area contributed by atoms with Crippen LogP contribution in [0.5, 0.6) is 0 Å². The largest absolute Gasteiger partial charge is 0.421 e. The van der Waals surface area contributed by atoms with Crippen LogP contribution in [-0.2, 0) is 17.7 Å². The Morgan fingerprint density at radius 2 is 1.85 bits per heavy atom. The molecule has 5 aromatic rings. The zero-order chi connectivity index (χ0) is 32.7. The second-order valence-corrected chi connectivity index (χ2v) is 12.9. The first-order chi connectivity index (χ1) is 22.9. The highest BCUT2D eigenvalue weighted by atomic mass is 32.1. The van der Waals surface area contributed by atoms with Crippen molar-refractivity contribution in [2.24, 2.45) is 5.92 Å². The molecule has 2 fully saturated rings. The van der Waals surface area contributed by atoms with Gasteiger partial charge in [0.1, 0.15) is 5.82 Å². The molecule has 8 rings (SSSR count). The van der Waals surface area contributed by atoms with Gasteiger partial charge >= 0.3 is 0 Å². The van der Waals surface area contributed by atoms with E-state index < -0.39 is 11.6 Å². The van der Waals surface area contributed by atoms with Crippen LogP contribution in [0.4, 0.5) is 14.6 Å². The third kappa shape index (κ3) is 5.78. The highest BCUT2D eigenvalue weighted by Gasteiger charge is 2.47. The van der Waals surface area contributed by atoms with Crippen molar-refractivity contribution < 1.29 is 22.7 Å². The highest BCUT2D eigenvalue weighted by molar-refractivity contribution is 7.23. The van der Waals surface area contributed by atoms with Crippen molar-refractivity contribution in [3.8, 4) is 21.9 Å². The van der Waals surface area contributed by atoms with E-state index >= 15 is 0 Å². The molecular weight excluding hydrogens is 622 g/mol. The van der Waals surface area contributed by atoms with Gasteiger partial charge in [0.2, 0.25) is 11.8 Å². The summed E-state index contributed by atoms with van der Waals surface area (Å²) >= 11 is 1.52. The number of anilines is 1. The monoisotopic (exact) mass is 658 g/mol. The number of rotatable bonds is 8. The first-order valence-electron chi connectivity index (χ1n) is 16.3. The molecule has 0 aliphatic carbocycles. The Morgan fingerprint density at radius 3 is 2.57 bits per heavy atom. The first kappa shape index (κ1) is 31.3.